The van der Waals surface area contributed by atoms with Gasteiger partial charge in [0.2, 0.25) is 5.89 Å². The van der Waals surface area contributed by atoms with Gasteiger partial charge < -0.3 is 15.2 Å². The number of carbonyl (C=O) groups excluding carboxylic acids is 1. The van der Waals surface area contributed by atoms with Crippen molar-refractivity contribution in [3.63, 3.8) is 0 Å². The highest BCUT2D eigenvalue weighted by atomic mass is 16.5. The smallest absolute Gasteiger partial charge is 0.269 e. The van der Waals surface area contributed by atoms with Crippen LogP contribution in [0, 0.1) is 6.92 Å². The van der Waals surface area contributed by atoms with Crippen LogP contribution in [0.4, 0.5) is 5.82 Å². The second-order valence-corrected chi connectivity index (χ2v) is 3.90. The first-order valence-corrected chi connectivity index (χ1v) is 5.91. The Morgan fingerprint density at radius 1 is 1.37 bits per heavy atom. The number of aromatic nitrogens is 3. The summed E-state index contributed by atoms with van der Waals surface area (Å²) in [4.78, 5) is 20.0. The number of hydrogen-bond donors (Lipinski definition) is 2. The van der Waals surface area contributed by atoms with Crippen molar-refractivity contribution < 1.29 is 9.32 Å². The van der Waals surface area contributed by atoms with Gasteiger partial charge in [-0.1, -0.05) is 11.2 Å². The molecule has 2 aromatic rings. The first kappa shape index (κ1) is 13.0. The van der Waals surface area contributed by atoms with Gasteiger partial charge in [0.05, 0.1) is 0 Å². The lowest BCUT2D eigenvalue weighted by molar-refractivity contribution is 0.0948. The van der Waals surface area contributed by atoms with Crippen molar-refractivity contribution in [3.8, 4) is 0 Å². The van der Waals surface area contributed by atoms with Crippen molar-refractivity contribution in [1.82, 2.24) is 20.4 Å². The first-order valence-electron chi connectivity index (χ1n) is 5.91. The van der Waals surface area contributed by atoms with Crippen molar-refractivity contribution in [2.75, 3.05) is 18.9 Å². The lowest BCUT2D eigenvalue weighted by Gasteiger charge is -2.04. The first-order chi connectivity index (χ1) is 9.19. The molecule has 0 radical (unpaired) electrons. The molecule has 1 amide bonds. The number of pyridine rings is 1. The van der Waals surface area contributed by atoms with E-state index >= 15 is 0 Å². The van der Waals surface area contributed by atoms with Crippen LogP contribution < -0.4 is 10.6 Å². The molecular weight excluding hydrogens is 246 g/mol. The molecule has 2 aromatic heterocycles. The molecule has 0 aliphatic rings. The summed E-state index contributed by atoms with van der Waals surface area (Å²) in [5.41, 5.74) is 0.369. The number of anilines is 1. The van der Waals surface area contributed by atoms with Crippen LogP contribution in [0.25, 0.3) is 0 Å². The third-order valence-corrected chi connectivity index (χ3v) is 2.43. The molecule has 0 saturated heterocycles. The number of carbonyl (C=O) groups is 1. The number of amides is 1. The van der Waals surface area contributed by atoms with Crippen molar-refractivity contribution >= 4 is 11.7 Å². The molecule has 0 aromatic carbocycles. The van der Waals surface area contributed by atoms with Gasteiger partial charge in [-0.05, 0) is 19.1 Å². The van der Waals surface area contributed by atoms with Crippen molar-refractivity contribution in [3.05, 3.63) is 35.6 Å². The second-order valence-electron chi connectivity index (χ2n) is 3.90. The van der Waals surface area contributed by atoms with E-state index in [2.05, 4.69) is 25.8 Å². The fourth-order valence-electron chi connectivity index (χ4n) is 1.52. The average molecular weight is 261 g/mol. The summed E-state index contributed by atoms with van der Waals surface area (Å²) in [6.07, 6.45) is 0.498. The van der Waals surface area contributed by atoms with Gasteiger partial charge in [-0.25, -0.2) is 4.98 Å². The number of rotatable bonds is 5. The highest BCUT2D eigenvalue weighted by molar-refractivity contribution is 5.92. The Balaban J connectivity index is 1.87. The van der Waals surface area contributed by atoms with Gasteiger partial charge in [-0.15, -0.1) is 0 Å². The summed E-state index contributed by atoms with van der Waals surface area (Å²) >= 11 is 0. The number of nitrogens with one attached hydrogen (secondary N) is 2. The van der Waals surface area contributed by atoms with E-state index in [1.165, 1.54) is 0 Å². The molecule has 0 spiro atoms. The Morgan fingerprint density at radius 2 is 2.21 bits per heavy atom. The maximum atomic E-state index is 11.8. The maximum absolute atomic E-state index is 11.8. The molecule has 0 unspecified atom stereocenters. The predicted molar refractivity (Wildman–Crippen MR) is 68.9 cm³/mol. The second kappa shape index (κ2) is 5.94. The molecule has 0 aliphatic carbocycles. The van der Waals surface area contributed by atoms with Gasteiger partial charge in [-0.3, -0.25) is 4.79 Å². The molecule has 19 heavy (non-hydrogen) atoms. The summed E-state index contributed by atoms with van der Waals surface area (Å²) in [6.45, 7) is 2.17. The molecule has 2 heterocycles. The van der Waals surface area contributed by atoms with Gasteiger partial charge in [0.25, 0.3) is 5.91 Å². The summed E-state index contributed by atoms with van der Waals surface area (Å²) in [7, 11) is 1.75. The Kier molecular flexibility index (Phi) is 4.07. The molecule has 0 fully saturated rings. The largest absolute Gasteiger partial charge is 0.373 e. The molecule has 2 N–H and O–H groups in total. The lowest BCUT2D eigenvalue weighted by Crippen LogP contribution is -2.26. The topological polar surface area (TPSA) is 92.9 Å². The number of aryl methyl sites for hydroxylation is 1. The standard InChI is InChI=1S/C12H15N5O2/c1-8-15-11(19-17-8)6-7-14-12(18)9-4-3-5-10(13-2)16-9/h3-5H,6-7H2,1-2H3,(H,13,16)(H,14,18). The molecule has 100 valence electrons. The molecule has 7 heteroatoms. The molecule has 0 atom stereocenters. The molecule has 0 aliphatic heterocycles. The van der Waals surface area contributed by atoms with Crippen molar-refractivity contribution in [1.29, 1.82) is 0 Å². The summed E-state index contributed by atoms with van der Waals surface area (Å²) in [5.74, 6) is 1.52. The lowest BCUT2D eigenvalue weighted by atomic mass is 10.3. The SMILES string of the molecule is CNc1cccc(C(=O)NCCc2nc(C)no2)n1. The van der Waals surface area contributed by atoms with Gasteiger partial charge in [0.1, 0.15) is 11.5 Å². The average Bonchev–Trinajstić information content (AvgIpc) is 2.84. The third-order valence-electron chi connectivity index (χ3n) is 2.43. The van der Waals surface area contributed by atoms with E-state index < -0.39 is 0 Å². The summed E-state index contributed by atoms with van der Waals surface area (Å²) in [5, 5.41) is 9.31. The third kappa shape index (κ3) is 3.51. The number of nitrogens with zero attached hydrogens (tertiary/aromatic N) is 3. The van der Waals surface area contributed by atoms with E-state index in [1.807, 2.05) is 0 Å². The van der Waals surface area contributed by atoms with Crippen LogP contribution in [-0.4, -0.2) is 34.6 Å². The van der Waals surface area contributed by atoms with E-state index in [-0.39, 0.29) is 5.91 Å². The monoisotopic (exact) mass is 261 g/mol. The zero-order valence-corrected chi connectivity index (χ0v) is 10.8. The molecule has 0 bridgehead atoms. The van der Waals surface area contributed by atoms with E-state index in [0.717, 1.165) is 0 Å². The highest BCUT2D eigenvalue weighted by Crippen LogP contribution is 2.03. The van der Waals surface area contributed by atoms with E-state index in [1.54, 1.807) is 32.2 Å². The minimum atomic E-state index is -0.228. The van der Waals surface area contributed by atoms with Gasteiger partial charge >= 0.3 is 0 Å². The van der Waals surface area contributed by atoms with Crippen LogP contribution >= 0.6 is 0 Å². The number of hydrogen-bond acceptors (Lipinski definition) is 6. The maximum Gasteiger partial charge on any atom is 0.269 e. The van der Waals surface area contributed by atoms with E-state index in [0.29, 0.717) is 36.2 Å². The van der Waals surface area contributed by atoms with E-state index in [9.17, 15) is 4.79 Å². The highest BCUT2D eigenvalue weighted by Gasteiger charge is 2.08. The van der Waals surface area contributed by atoms with Gasteiger partial charge in [0.15, 0.2) is 5.82 Å². The minimum Gasteiger partial charge on any atom is -0.373 e. The van der Waals surface area contributed by atoms with Crippen LogP contribution in [0.5, 0.6) is 0 Å². The molecule has 7 nitrogen and oxygen atoms in total. The van der Waals surface area contributed by atoms with Crippen LogP contribution in [0.3, 0.4) is 0 Å². The van der Waals surface area contributed by atoms with E-state index in [4.69, 9.17) is 4.52 Å². The normalized spacial score (nSPS) is 10.2. The molecule has 2 rings (SSSR count). The Bertz CT molecular complexity index is 567. The predicted octanol–water partition coefficient (Wildman–Crippen LogP) is 0.787. The van der Waals surface area contributed by atoms with Crippen molar-refractivity contribution in [2.24, 2.45) is 0 Å². The zero-order chi connectivity index (χ0) is 13.7. The Labute approximate surface area is 110 Å². The Hall–Kier alpha value is -2.44. The minimum absolute atomic E-state index is 0.228. The van der Waals surface area contributed by atoms with Crippen molar-refractivity contribution in [2.45, 2.75) is 13.3 Å². The zero-order valence-electron chi connectivity index (χ0n) is 10.8. The quantitative estimate of drug-likeness (QED) is 0.826. The van der Waals surface area contributed by atoms with Crippen LogP contribution in [0.15, 0.2) is 22.7 Å². The van der Waals surface area contributed by atoms with Crippen LogP contribution in [0.1, 0.15) is 22.2 Å². The Morgan fingerprint density at radius 3 is 2.89 bits per heavy atom. The van der Waals surface area contributed by atoms with Crippen LogP contribution in [0.2, 0.25) is 0 Å². The van der Waals surface area contributed by atoms with Gasteiger partial charge in [0, 0.05) is 20.0 Å². The van der Waals surface area contributed by atoms with Gasteiger partial charge in [-0.2, -0.15) is 4.98 Å². The fraction of sp³-hybridized carbons (Fsp3) is 0.333. The molecule has 0 saturated carbocycles. The summed E-state index contributed by atoms with van der Waals surface area (Å²) in [6, 6.07) is 5.22. The molecular formula is C12H15N5O2. The van der Waals surface area contributed by atoms with Crippen LogP contribution in [-0.2, 0) is 6.42 Å². The summed E-state index contributed by atoms with van der Waals surface area (Å²) < 4.78 is 4.95. The fourth-order valence-corrected chi connectivity index (χ4v) is 1.52.